The number of rotatable bonds is 3. The van der Waals surface area contributed by atoms with Crippen LogP contribution in [0.15, 0.2) is 0 Å². The molecule has 0 bridgehead atoms. The number of piperidine rings is 1. The zero-order chi connectivity index (χ0) is 15.5. The molecule has 0 atom stereocenters. The molecular weight excluding hydrogens is 290 g/mol. The van der Waals surface area contributed by atoms with E-state index in [-0.39, 0.29) is 22.7 Å². The van der Waals surface area contributed by atoms with Crippen LogP contribution in [0.25, 0.3) is 0 Å². The molecule has 0 aliphatic carbocycles. The van der Waals surface area contributed by atoms with Gasteiger partial charge in [-0.2, -0.15) is 0 Å². The molecule has 2 aliphatic heterocycles. The van der Waals surface area contributed by atoms with Gasteiger partial charge in [-0.25, -0.2) is 0 Å². The van der Waals surface area contributed by atoms with Gasteiger partial charge in [0, 0.05) is 39.3 Å². The van der Waals surface area contributed by atoms with Crippen molar-refractivity contribution in [3.05, 3.63) is 0 Å². The van der Waals surface area contributed by atoms with E-state index in [1.807, 2.05) is 4.90 Å². The first-order valence-corrected chi connectivity index (χ1v) is 7.80. The summed E-state index contributed by atoms with van der Waals surface area (Å²) < 4.78 is 5.34. The lowest BCUT2D eigenvalue weighted by Gasteiger charge is -2.41. The lowest BCUT2D eigenvalue weighted by molar-refractivity contribution is -0.145. The average molecular weight is 313 g/mol. The first kappa shape index (κ1) is 16.2. The van der Waals surface area contributed by atoms with E-state index >= 15 is 0 Å². The minimum atomic E-state index is -0.757. The highest BCUT2D eigenvalue weighted by Gasteiger charge is 2.46. The van der Waals surface area contributed by atoms with Crippen molar-refractivity contribution in [2.45, 2.75) is 25.7 Å². The summed E-state index contributed by atoms with van der Waals surface area (Å²) in [5.41, 5.74) is 5.11. The summed E-state index contributed by atoms with van der Waals surface area (Å²) in [6, 6.07) is 0. The molecule has 2 amide bonds. The summed E-state index contributed by atoms with van der Waals surface area (Å²) in [5.74, 6) is 0.0559. The van der Waals surface area contributed by atoms with Crippen LogP contribution in [0.4, 0.5) is 0 Å². The van der Waals surface area contributed by atoms with Crippen molar-refractivity contribution < 1.29 is 14.3 Å². The highest BCUT2D eigenvalue weighted by molar-refractivity contribution is 7.80. The van der Waals surface area contributed by atoms with Crippen molar-refractivity contribution in [1.82, 2.24) is 10.2 Å². The predicted molar refractivity (Wildman–Crippen MR) is 82.6 cm³/mol. The third-order valence-corrected chi connectivity index (χ3v) is 5.02. The lowest BCUT2D eigenvalue weighted by atomic mass is 9.78. The first-order valence-electron chi connectivity index (χ1n) is 7.40. The smallest absolute Gasteiger partial charge is 0.235 e. The van der Waals surface area contributed by atoms with Crippen molar-refractivity contribution in [3.63, 3.8) is 0 Å². The Morgan fingerprint density at radius 3 is 2.33 bits per heavy atom. The van der Waals surface area contributed by atoms with E-state index in [1.54, 1.807) is 7.05 Å². The molecule has 21 heavy (non-hydrogen) atoms. The van der Waals surface area contributed by atoms with Crippen LogP contribution in [0, 0.1) is 11.3 Å². The Morgan fingerprint density at radius 1 is 1.29 bits per heavy atom. The van der Waals surface area contributed by atoms with Gasteiger partial charge in [-0.1, -0.05) is 12.2 Å². The number of carbonyl (C=O) groups excluding carboxylic acids is 2. The van der Waals surface area contributed by atoms with Crippen LogP contribution < -0.4 is 11.1 Å². The molecule has 7 heteroatoms. The maximum absolute atomic E-state index is 12.9. The largest absolute Gasteiger partial charge is 0.392 e. The number of nitrogens with zero attached hydrogens (tertiary/aromatic N) is 1. The SMILES string of the molecule is CNC(=O)C1CCN(C(=O)C2(C(N)=S)CCOCC2)CC1. The summed E-state index contributed by atoms with van der Waals surface area (Å²) in [6.45, 7) is 2.19. The summed E-state index contributed by atoms with van der Waals surface area (Å²) in [4.78, 5) is 26.6. The van der Waals surface area contributed by atoms with Gasteiger partial charge >= 0.3 is 0 Å². The van der Waals surface area contributed by atoms with E-state index in [0.29, 0.717) is 52.0 Å². The molecule has 0 spiro atoms. The van der Waals surface area contributed by atoms with Gasteiger partial charge in [0.1, 0.15) is 5.41 Å². The lowest BCUT2D eigenvalue weighted by Crippen LogP contribution is -2.55. The highest BCUT2D eigenvalue weighted by atomic mass is 32.1. The highest BCUT2D eigenvalue weighted by Crippen LogP contribution is 2.34. The predicted octanol–water partition coefficient (Wildman–Crippen LogP) is 0.0539. The van der Waals surface area contributed by atoms with E-state index in [9.17, 15) is 9.59 Å². The number of hydrogen-bond acceptors (Lipinski definition) is 4. The third-order valence-electron chi connectivity index (χ3n) is 4.63. The molecule has 2 rings (SSSR count). The molecule has 2 heterocycles. The van der Waals surface area contributed by atoms with Gasteiger partial charge in [0.15, 0.2) is 0 Å². The van der Waals surface area contributed by atoms with Crippen molar-refractivity contribution in [2.24, 2.45) is 17.1 Å². The van der Waals surface area contributed by atoms with Gasteiger partial charge in [0.25, 0.3) is 0 Å². The van der Waals surface area contributed by atoms with Crippen LogP contribution in [-0.2, 0) is 14.3 Å². The molecule has 0 aromatic heterocycles. The maximum atomic E-state index is 12.9. The van der Waals surface area contributed by atoms with Crippen LogP contribution in [0.2, 0.25) is 0 Å². The summed E-state index contributed by atoms with van der Waals surface area (Å²) in [6.07, 6.45) is 2.48. The molecule has 0 saturated carbocycles. The first-order chi connectivity index (χ1) is 10.0. The number of amides is 2. The fourth-order valence-electron chi connectivity index (χ4n) is 3.14. The Balaban J connectivity index is 2.03. The molecule has 0 radical (unpaired) electrons. The zero-order valence-electron chi connectivity index (χ0n) is 12.4. The maximum Gasteiger partial charge on any atom is 0.235 e. The molecule has 118 valence electrons. The van der Waals surface area contributed by atoms with Crippen LogP contribution in [0.3, 0.4) is 0 Å². The Labute approximate surface area is 130 Å². The standard InChI is InChI=1S/C14H23N3O3S/c1-16-11(18)10-2-6-17(7-3-10)13(19)14(12(15)21)4-8-20-9-5-14/h10H,2-9H2,1H3,(H2,15,21)(H,16,18). The molecular formula is C14H23N3O3S. The number of hydrogen-bond donors (Lipinski definition) is 2. The summed E-state index contributed by atoms with van der Waals surface area (Å²) in [5, 5.41) is 2.67. The number of nitrogens with two attached hydrogens (primary N) is 1. The van der Waals surface area contributed by atoms with Gasteiger partial charge in [-0.15, -0.1) is 0 Å². The van der Waals surface area contributed by atoms with E-state index in [4.69, 9.17) is 22.7 Å². The van der Waals surface area contributed by atoms with Gasteiger partial charge < -0.3 is 20.7 Å². The van der Waals surface area contributed by atoms with Gasteiger partial charge in [0.05, 0.1) is 4.99 Å². The summed E-state index contributed by atoms with van der Waals surface area (Å²) in [7, 11) is 1.64. The topological polar surface area (TPSA) is 84.7 Å². The second kappa shape index (κ2) is 6.70. The Morgan fingerprint density at radius 2 is 1.86 bits per heavy atom. The van der Waals surface area contributed by atoms with Gasteiger partial charge in [-0.3, -0.25) is 9.59 Å². The minimum Gasteiger partial charge on any atom is -0.392 e. The van der Waals surface area contributed by atoms with Crippen molar-refractivity contribution in [3.8, 4) is 0 Å². The van der Waals surface area contributed by atoms with Gasteiger partial charge in [0.2, 0.25) is 11.8 Å². The number of likely N-dealkylation sites (tertiary alicyclic amines) is 1. The molecule has 2 aliphatic rings. The third kappa shape index (κ3) is 3.18. The molecule has 3 N–H and O–H groups in total. The van der Waals surface area contributed by atoms with Crippen LogP contribution in [0.5, 0.6) is 0 Å². The molecule has 0 aromatic carbocycles. The fraction of sp³-hybridized carbons (Fsp3) is 0.786. The second-order valence-corrected chi connectivity index (χ2v) is 6.18. The van der Waals surface area contributed by atoms with Crippen LogP contribution in [-0.4, -0.2) is 55.1 Å². The summed E-state index contributed by atoms with van der Waals surface area (Å²) >= 11 is 5.17. The molecule has 6 nitrogen and oxygen atoms in total. The van der Waals surface area contributed by atoms with Gasteiger partial charge in [-0.05, 0) is 25.7 Å². The van der Waals surface area contributed by atoms with Crippen LogP contribution >= 0.6 is 12.2 Å². The van der Waals surface area contributed by atoms with Crippen molar-refractivity contribution >= 4 is 29.0 Å². The molecule has 0 aromatic rings. The monoisotopic (exact) mass is 313 g/mol. The Kier molecular flexibility index (Phi) is 5.16. The Bertz CT molecular complexity index is 427. The van der Waals surface area contributed by atoms with Crippen LogP contribution in [0.1, 0.15) is 25.7 Å². The van der Waals surface area contributed by atoms with Crippen molar-refractivity contribution in [2.75, 3.05) is 33.4 Å². The molecule has 2 saturated heterocycles. The molecule has 2 fully saturated rings. The van der Waals surface area contributed by atoms with E-state index < -0.39 is 5.41 Å². The second-order valence-electron chi connectivity index (χ2n) is 5.74. The Hall–Kier alpha value is -1.21. The minimum absolute atomic E-state index is 0.00508. The number of thiocarbonyl (C=S) groups is 1. The quantitative estimate of drug-likeness (QED) is 0.720. The van der Waals surface area contributed by atoms with E-state index in [2.05, 4.69) is 5.32 Å². The van der Waals surface area contributed by atoms with E-state index in [1.165, 1.54) is 0 Å². The fourth-order valence-corrected chi connectivity index (χ4v) is 3.43. The normalized spacial score (nSPS) is 22.6. The average Bonchev–Trinajstić information content (AvgIpc) is 2.54. The zero-order valence-corrected chi connectivity index (χ0v) is 13.2. The number of carbonyl (C=O) groups is 2. The van der Waals surface area contributed by atoms with Crippen molar-refractivity contribution in [1.29, 1.82) is 0 Å². The number of ether oxygens (including phenoxy) is 1. The molecule has 0 unspecified atom stereocenters. The van der Waals surface area contributed by atoms with E-state index in [0.717, 1.165) is 0 Å². The number of nitrogens with one attached hydrogen (secondary N) is 1.